The lowest BCUT2D eigenvalue weighted by atomic mass is 10.0. The van der Waals surface area contributed by atoms with Crippen molar-refractivity contribution in [1.29, 1.82) is 0 Å². The Labute approximate surface area is 126 Å². The third-order valence-electron chi connectivity index (χ3n) is 1.36. The van der Waals surface area contributed by atoms with Crippen molar-refractivity contribution >= 4 is 17.4 Å². The molecule has 0 radical (unpaired) electrons. The third kappa shape index (κ3) is 3.95. The predicted molar refractivity (Wildman–Crippen MR) is 68.1 cm³/mol. The Morgan fingerprint density at radius 1 is 1.62 bits per heavy atom. The van der Waals surface area contributed by atoms with Crippen LogP contribution in [0.3, 0.4) is 0 Å². The lowest BCUT2D eigenvalue weighted by molar-refractivity contribution is 0.0936. The zero-order valence-electron chi connectivity index (χ0n) is 24.8. The molecule has 0 bridgehead atoms. The molecule has 0 aliphatic rings. The second kappa shape index (κ2) is 4.98. The predicted octanol–water partition coefficient (Wildman–Crippen LogP) is 3.30. The fourth-order valence-electron chi connectivity index (χ4n) is 0.804. The number of hydrogen-bond acceptors (Lipinski definition) is 2. The molecule has 1 atom stereocenters. The van der Waals surface area contributed by atoms with Crippen molar-refractivity contribution in [2.45, 2.75) is 39.0 Å². The van der Waals surface area contributed by atoms with Gasteiger partial charge in [-0.3, -0.25) is 4.79 Å². The van der Waals surface area contributed by atoms with Crippen molar-refractivity contribution < 1.29 is 28.1 Å². The van der Waals surface area contributed by atoms with Gasteiger partial charge in [-0.05, 0) is 39.5 Å². The number of nitrogens with one attached hydrogen (secondary N) is 1. The molecule has 1 N–H and O–H groups in total. The highest BCUT2D eigenvalue weighted by molar-refractivity contribution is 6.31. The summed E-state index contributed by atoms with van der Waals surface area (Å²) in [6.45, 7) is -16.0. The molecule has 0 amide bonds. The van der Waals surface area contributed by atoms with E-state index in [1.165, 1.54) is 5.32 Å². The minimum absolute atomic E-state index is 0.873. The molecule has 2 nitrogen and oxygen atoms in total. The molecule has 88 valence electrons. The molecule has 0 aromatic heterocycles. The molecular weight excluding hydrogens is 222 g/mol. The minimum atomic E-state index is -4.12. The Bertz CT molecular complexity index is 878. The standard InChI is InChI=1S/C13H18ClNO/c1-9(15-13(2,3)4)12(16)10-6-5-7-11(14)8-10/h5-9,15H,1-4H3/i1D3,2D3,3D3,4D3,5D,6D,7D,8D,9D. The molecule has 1 unspecified atom stereocenters. The number of ketones is 1. The largest absolute Gasteiger partial charge is 0.303 e. The van der Waals surface area contributed by atoms with Gasteiger partial charge in [-0.1, -0.05) is 23.7 Å². The fourth-order valence-corrected chi connectivity index (χ4v) is 0.945. The number of hydrogen-bond donors (Lipinski definition) is 1. The van der Waals surface area contributed by atoms with Gasteiger partial charge in [0.2, 0.25) is 0 Å². The summed E-state index contributed by atoms with van der Waals surface area (Å²) in [6, 6.07) is -8.33. The SMILES string of the molecule is [2H]c1c([2H])c(Cl)c([2H])c(C(=O)C([2H])(NC(C([2H])([2H])[2H])(C([2H])([2H])[2H])C([2H])([2H])[2H])C([2H])([2H])[2H])c1[2H]. The summed E-state index contributed by atoms with van der Waals surface area (Å²) in [6.07, 6.45) is 0. The number of Topliss-reactive ketones (excluding diaryl/α,β-unsaturated/α-hetero) is 1. The van der Waals surface area contributed by atoms with Gasteiger partial charge in [0.15, 0.2) is 5.78 Å². The van der Waals surface area contributed by atoms with Crippen LogP contribution in [0.25, 0.3) is 0 Å². The van der Waals surface area contributed by atoms with Gasteiger partial charge in [-0.2, -0.15) is 0 Å². The molecule has 1 aromatic rings. The van der Waals surface area contributed by atoms with E-state index in [4.69, 9.17) is 34.9 Å². The third-order valence-corrected chi connectivity index (χ3v) is 1.55. The van der Waals surface area contributed by atoms with Crippen LogP contribution in [-0.2, 0) is 0 Å². The summed E-state index contributed by atoms with van der Waals surface area (Å²) >= 11 is 5.70. The van der Waals surface area contributed by atoms with Gasteiger partial charge in [0.1, 0.15) is 0 Å². The molecule has 3 heteroatoms. The Morgan fingerprint density at radius 3 is 3.00 bits per heavy atom. The van der Waals surface area contributed by atoms with Gasteiger partial charge < -0.3 is 5.32 Å². The number of carbonyl (C=O) groups excluding carboxylic acids is 1. The van der Waals surface area contributed by atoms with Gasteiger partial charge in [-0.25, -0.2) is 0 Å². The van der Waals surface area contributed by atoms with E-state index in [0.717, 1.165) is 0 Å². The lowest BCUT2D eigenvalue weighted by Crippen LogP contribution is -2.46. The van der Waals surface area contributed by atoms with Crippen molar-refractivity contribution in [1.82, 2.24) is 5.32 Å². The maximum absolute atomic E-state index is 13.2. The molecule has 16 heavy (non-hydrogen) atoms. The smallest absolute Gasteiger partial charge is 0.179 e. The van der Waals surface area contributed by atoms with Crippen molar-refractivity contribution in [3.8, 4) is 0 Å². The molecule has 0 saturated heterocycles. The van der Waals surface area contributed by atoms with Gasteiger partial charge in [0, 0.05) is 32.6 Å². The Hall–Kier alpha value is -0.860. The Balaban J connectivity index is 4.11. The van der Waals surface area contributed by atoms with Crippen LogP contribution in [0.15, 0.2) is 24.2 Å². The van der Waals surface area contributed by atoms with Crippen molar-refractivity contribution in [2.24, 2.45) is 0 Å². The average Bonchev–Trinajstić information content (AvgIpc) is 2.58. The molecule has 0 aliphatic heterocycles. The Kier molecular flexibility index (Phi) is 0.912. The van der Waals surface area contributed by atoms with Crippen LogP contribution in [0.4, 0.5) is 0 Å². The first-order valence-corrected chi connectivity index (χ1v) is 4.27. The van der Waals surface area contributed by atoms with E-state index in [2.05, 4.69) is 0 Å². The summed E-state index contributed by atoms with van der Waals surface area (Å²) in [5, 5.41) is 0.385. The van der Waals surface area contributed by atoms with E-state index in [1.807, 2.05) is 0 Å². The zero-order chi connectivity index (χ0) is 26.7. The molecule has 1 rings (SSSR count). The summed E-state index contributed by atoms with van der Waals surface area (Å²) in [4.78, 5) is 13.2. The monoisotopic (exact) mass is 256 g/mol. The first-order chi connectivity index (χ1) is 14.3. The maximum atomic E-state index is 13.2. The van der Waals surface area contributed by atoms with E-state index in [9.17, 15) is 4.79 Å². The molecule has 1 aromatic carbocycles. The first-order valence-electron chi connectivity index (χ1n) is 12.4. The topological polar surface area (TPSA) is 29.1 Å². The maximum Gasteiger partial charge on any atom is 0.179 e. The summed E-state index contributed by atoms with van der Waals surface area (Å²) in [5.74, 6) is -2.10. The summed E-state index contributed by atoms with van der Waals surface area (Å²) in [7, 11) is 0. The normalized spacial score (nSPS) is 34.2. The van der Waals surface area contributed by atoms with Crippen molar-refractivity contribution in [3.05, 3.63) is 34.8 Å². The van der Waals surface area contributed by atoms with Crippen LogP contribution in [0.1, 0.15) is 61.1 Å². The molecule has 0 heterocycles. The van der Waals surface area contributed by atoms with Crippen LogP contribution >= 0.6 is 11.6 Å². The number of rotatable bonds is 3. The average molecular weight is 257 g/mol. The van der Waals surface area contributed by atoms with Gasteiger partial charge in [-0.15, -0.1) is 0 Å². The molecule has 0 fully saturated rings. The van der Waals surface area contributed by atoms with Gasteiger partial charge >= 0.3 is 0 Å². The van der Waals surface area contributed by atoms with Crippen LogP contribution in [-0.4, -0.2) is 17.3 Å². The van der Waals surface area contributed by atoms with Crippen molar-refractivity contribution in [3.63, 3.8) is 0 Å². The van der Waals surface area contributed by atoms with Crippen LogP contribution in [0.2, 0.25) is 5.02 Å². The fraction of sp³-hybridized carbons (Fsp3) is 0.462. The molecule has 0 saturated carbocycles. The number of carbonyl (C=O) groups is 1. The lowest BCUT2D eigenvalue weighted by Gasteiger charge is -2.25. The summed E-state index contributed by atoms with van der Waals surface area (Å²) < 4.78 is 130. The molecular formula is C13H18ClNO. The van der Waals surface area contributed by atoms with E-state index in [-0.39, 0.29) is 0 Å². The highest BCUT2D eigenvalue weighted by Crippen LogP contribution is 2.13. The summed E-state index contributed by atoms with van der Waals surface area (Å²) in [5.41, 5.74) is -5.43. The molecule has 0 spiro atoms. The van der Waals surface area contributed by atoms with Crippen LogP contribution in [0.5, 0.6) is 0 Å². The van der Waals surface area contributed by atoms with E-state index in [1.54, 1.807) is 0 Å². The highest BCUT2D eigenvalue weighted by Gasteiger charge is 2.20. The number of halogens is 1. The minimum Gasteiger partial charge on any atom is -0.303 e. The second-order valence-corrected chi connectivity index (χ2v) is 3.15. The molecule has 0 aliphatic carbocycles. The van der Waals surface area contributed by atoms with Gasteiger partial charge in [0.25, 0.3) is 0 Å². The van der Waals surface area contributed by atoms with E-state index < -0.39 is 79.5 Å². The highest BCUT2D eigenvalue weighted by atomic mass is 35.5. The quantitative estimate of drug-likeness (QED) is 0.841. The first kappa shape index (κ1) is 2.93. The van der Waals surface area contributed by atoms with Crippen LogP contribution < -0.4 is 5.32 Å². The zero-order valence-corrected chi connectivity index (χ0v) is 8.54. The van der Waals surface area contributed by atoms with Gasteiger partial charge in [0.05, 0.1) is 12.9 Å². The van der Waals surface area contributed by atoms with Crippen LogP contribution in [0, 0.1) is 0 Å². The second-order valence-electron chi connectivity index (χ2n) is 2.77. The Morgan fingerprint density at radius 2 is 2.38 bits per heavy atom. The number of benzene rings is 1. The van der Waals surface area contributed by atoms with E-state index >= 15 is 0 Å². The van der Waals surface area contributed by atoms with E-state index in [0.29, 0.717) is 0 Å². The van der Waals surface area contributed by atoms with Crippen molar-refractivity contribution in [2.75, 3.05) is 0 Å².